The quantitative estimate of drug-likeness (QED) is 0.233. The van der Waals surface area contributed by atoms with Gasteiger partial charge in [-0.25, -0.2) is 0 Å². The molecule has 0 spiro atoms. The molecule has 3 rings (SSSR count). The Hall–Kier alpha value is -3.84. The van der Waals surface area contributed by atoms with Crippen molar-refractivity contribution in [1.82, 2.24) is 5.43 Å². The predicted octanol–water partition coefficient (Wildman–Crippen LogP) is 3.67. The molecule has 0 unspecified atom stereocenters. The van der Waals surface area contributed by atoms with E-state index in [1.54, 1.807) is 66.9 Å². The molecule has 30 heavy (non-hydrogen) atoms. The zero-order chi connectivity index (χ0) is 21.5. The van der Waals surface area contributed by atoms with Crippen molar-refractivity contribution in [2.24, 2.45) is 0 Å². The third kappa shape index (κ3) is 5.15. The first kappa shape index (κ1) is 20.9. The molecule has 0 saturated carbocycles. The number of carbonyl (C=O) groups excluding carboxylic acids is 2. The molecule has 0 bridgehead atoms. The van der Waals surface area contributed by atoms with Gasteiger partial charge in [0.15, 0.2) is 17.8 Å². The number of anilines is 1. The standard InChI is InChI=1S/C22H18ClN3O4/c1-30-21-12-15(6-11-20(21)28)13-26(24-19-5-3-2-4-17(19)14-27)25-22(29)16-7-9-18(23)10-8-16/h2-14H,1H3,(H2,24,25,27,29)/p+1. The molecule has 0 saturated heterocycles. The van der Waals surface area contributed by atoms with Crippen molar-refractivity contribution in [2.45, 2.75) is 0 Å². The van der Waals surface area contributed by atoms with Gasteiger partial charge in [-0.15, -0.1) is 5.43 Å². The van der Waals surface area contributed by atoms with Gasteiger partial charge in [-0.3, -0.25) is 9.59 Å². The highest BCUT2D eigenvalue weighted by Crippen LogP contribution is 2.25. The number of benzene rings is 3. The summed E-state index contributed by atoms with van der Waals surface area (Å²) in [5.74, 6) is -0.128. The van der Waals surface area contributed by atoms with Gasteiger partial charge in [-0.1, -0.05) is 29.2 Å². The lowest BCUT2D eigenvalue weighted by atomic mass is 10.2. The molecule has 7 nitrogen and oxygen atoms in total. The molecule has 0 aliphatic heterocycles. The van der Waals surface area contributed by atoms with Crippen LogP contribution in [0.3, 0.4) is 0 Å². The second-order valence-corrected chi connectivity index (χ2v) is 6.63. The van der Waals surface area contributed by atoms with Crippen LogP contribution in [0.5, 0.6) is 11.5 Å². The maximum atomic E-state index is 12.7. The number of rotatable bonds is 7. The monoisotopic (exact) mass is 424 g/mol. The average molecular weight is 425 g/mol. The maximum Gasteiger partial charge on any atom is 0.307 e. The first-order valence-corrected chi connectivity index (χ1v) is 9.26. The van der Waals surface area contributed by atoms with Gasteiger partial charge in [0.25, 0.3) is 0 Å². The van der Waals surface area contributed by atoms with Crippen molar-refractivity contribution in [2.75, 3.05) is 12.5 Å². The van der Waals surface area contributed by atoms with E-state index >= 15 is 0 Å². The molecular weight excluding hydrogens is 406 g/mol. The largest absolute Gasteiger partial charge is 0.504 e. The molecule has 0 atom stereocenters. The second-order valence-electron chi connectivity index (χ2n) is 6.20. The fraction of sp³-hybridized carbons (Fsp3) is 0.0455. The molecule has 3 aromatic carbocycles. The number of halogens is 1. The van der Waals surface area contributed by atoms with E-state index in [1.807, 2.05) is 0 Å². The van der Waals surface area contributed by atoms with Crippen molar-refractivity contribution in [1.29, 1.82) is 0 Å². The number of ether oxygens (including phenoxy) is 1. The van der Waals surface area contributed by atoms with Crippen LogP contribution in [0.15, 0.2) is 66.7 Å². The molecule has 8 heteroatoms. The highest BCUT2D eigenvalue weighted by molar-refractivity contribution is 6.30. The van der Waals surface area contributed by atoms with Gasteiger partial charge >= 0.3 is 5.91 Å². The number of para-hydroxylation sites is 1. The maximum absolute atomic E-state index is 12.7. The topological polar surface area (TPSA) is 90.7 Å². The molecule has 0 heterocycles. The molecule has 0 aliphatic carbocycles. The number of aromatic hydroxyl groups is 1. The zero-order valence-electron chi connectivity index (χ0n) is 16.0. The van der Waals surface area contributed by atoms with Crippen LogP contribution in [0.1, 0.15) is 26.3 Å². The Labute approximate surface area is 178 Å². The number of methoxy groups -OCH3 is 1. The third-order valence-electron chi connectivity index (χ3n) is 4.14. The number of nitrogens with zero attached hydrogens (tertiary/aromatic N) is 1. The number of hydrazone groups is 2. The van der Waals surface area contributed by atoms with Crippen LogP contribution < -0.4 is 15.6 Å². The van der Waals surface area contributed by atoms with Gasteiger partial charge in [-0.05, 0) is 54.6 Å². The first-order valence-electron chi connectivity index (χ1n) is 8.88. The number of nitrogens with one attached hydrogen (secondary N) is 2. The summed E-state index contributed by atoms with van der Waals surface area (Å²) in [6.07, 6.45) is 2.29. The van der Waals surface area contributed by atoms with Crippen LogP contribution in [0.2, 0.25) is 5.02 Å². The van der Waals surface area contributed by atoms with Gasteiger partial charge in [0.1, 0.15) is 5.69 Å². The van der Waals surface area contributed by atoms with Gasteiger partial charge in [-0.2, -0.15) is 0 Å². The fourth-order valence-corrected chi connectivity index (χ4v) is 2.75. The Kier molecular flexibility index (Phi) is 6.67. The fourth-order valence-electron chi connectivity index (χ4n) is 2.62. The minimum atomic E-state index is -0.398. The van der Waals surface area contributed by atoms with E-state index in [4.69, 9.17) is 16.3 Å². The van der Waals surface area contributed by atoms with E-state index in [1.165, 1.54) is 18.0 Å². The second kappa shape index (κ2) is 9.58. The normalized spacial score (nSPS) is 10.9. The van der Waals surface area contributed by atoms with Crippen molar-refractivity contribution < 1.29 is 24.2 Å². The minimum absolute atomic E-state index is 0.00865. The number of hydrogen-bond donors (Lipinski definition) is 3. The number of aldehydes is 1. The number of hydrogen-bond acceptors (Lipinski definition) is 5. The average Bonchev–Trinajstić information content (AvgIpc) is 2.75. The number of hydrazine groups is 2. The van der Waals surface area contributed by atoms with E-state index in [0.717, 1.165) is 0 Å². The number of phenolic OH excluding ortho intramolecular Hbond substituents is 1. The van der Waals surface area contributed by atoms with Crippen molar-refractivity contribution in [3.8, 4) is 11.5 Å². The molecule has 0 fully saturated rings. The molecule has 0 aromatic heterocycles. The van der Waals surface area contributed by atoms with Crippen molar-refractivity contribution >= 4 is 35.7 Å². The van der Waals surface area contributed by atoms with Crippen molar-refractivity contribution in [3.63, 3.8) is 0 Å². The Morgan fingerprint density at radius 3 is 2.53 bits per heavy atom. The van der Waals surface area contributed by atoms with Gasteiger partial charge in [0.05, 0.1) is 7.11 Å². The molecule has 1 amide bonds. The molecule has 3 aromatic rings. The molecule has 0 radical (unpaired) electrons. The highest BCUT2D eigenvalue weighted by Gasteiger charge is 2.16. The summed E-state index contributed by atoms with van der Waals surface area (Å²) in [6.45, 7) is 0. The van der Waals surface area contributed by atoms with Gasteiger partial charge in [0.2, 0.25) is 6.21 Å². The number of carbonyl (C=O) groups is 2. The Morgan fingerprint density at radius 1 is 1.10 bits per heavy atom. The number of phenols is 1. The molecular formula is C22H19ClN3O4+. The molecule has 0 aliphatic rings. The first-order chi connectivity index (χ1) is 14.5. The van der Waals surface area contributed by atoms with Crippen LogP contribution in [-0.4, -0.2) is 35.4 Å². The van der Waals surface area contributed by atoms with Crippen LogP contribution in [0.4, 0.5) is 5.69 Å². The van der Waals surface area contributed by atoms with E-state index < -0.39 is 5.91 Å². The SMILES string of the molecule is COc1cc(C=[N+](NC(=O)c2ccc(Cl)cc2)Nc2ccccc2C=O)ccc1O. The third-order valence-corrected chi connectivity index (χ3v) is 4.39. The number of amides is 1. The van der Waals surface area contributed by atoms with Crippen LogP contribution >= 0.6 is 11.6 Å². The Morgan fingerprint density at radius 2 is 1.83 bits per heavy atom. The van der Waals surface area contributed by atoms with Crippen LogP contribution in [-0.2, 0) is 0 Å². The summed E-state index contributed by atoms with van der Waals surface area (Å²) in [7, 11) is 1.44. The van der Waals surface area contributed by atoms with Gasteiger partial charge in [0, 0.05) is 26.5 Å². The van der Waals surface area contributed by atoms with E-state index in [-0.39, 0.29) is 11.5 Å². The lowest BCUT2D eigenvalue weighted by Gasteiger charge is -2.08. The highest BCUT2D eigenvalue weighted by atomic mass is 35.5. The predicted molar refractivity (Wildman–Crippen MR) is 114 cm³/mol. The summed E-state index contributed by atoms with van der Waals surface area (Å²) < 4.78 is 5.13. The zero-order valence-corrected chi connectivity index (χ0v) is 16.8. The lowest BCUT2D eigenvalue weighted by Crippen LogP contribution is -2.39. The summed E-state index contributed by atoms with van der Waals surface area (Å²) in [5, 5.41) is 10.3. The van der Waals surface area contributed by atoms with E-state index in [0.29, 0.717) is 33.7 Å². The Balaban J connectivity index is 1.96. The molecule has 152 valence electrons. The summed E-state index contributed by atoms with van der Waals surface area (Å²) in [6, 6.07) is 18.0. The van der Waals surface area contributed by atoms with E-state index in [2.05, 4.69) is 10.9 Å². The lowest BCUT2D eigenvalue weighted by molar-refractivity contribution is -0.538. The summed E-state index contributed by atoms with van der Waals surface area (Å²) in [5.41, 5.74) is 7.64. The van der Waals surface area contributed by atoms with E-state index in [9.17, 15) is 14.7 Å². The van der Waals surface area contributed by atoms with Crippen LogP contribution in [0.25, 0.3) is 0 Å². The smallest absolute Gasteiger partial charge is 0.307 e. The summed E-state index contributed by atoms with van der Waals surface area (Å²) >= 11 is 5.89. The minimum Gasteiger partial charge on any atom is -0.504 e. The summed E-state index contributed by atoms with van der Waals surface area (Å²) in [4.78, 5) is 25.4. The van der Waals surface area contributed by atoms with Gasteiger partial charge < -0.3 is 9.84 Å². The Bertz CT molecular complexity index is 1100. The van der Waals surface area contributed by atoms with Crippen LogP contribution in [0, 0.1) is 0 Å². The van der Waals surface area contributed by atoms with Crippen molar-refractivity contribution in [3.05, 3.63) is 88.4 Å². The molecule has 3 N–H and O–H groups in total.